The van der Waals surface area contributed by atoms with Crippen LogP contribution in [0.3, 0.4) is 0 Å². The number of hydrogen-bond acceptors (Lipinski definition) is 3. The van der Waals surface area contributed by atoms with Gasteiger partial charge in [-0.1, -0.05) is 15.9 Å². The molecule has 0 saturated heterocycles. The molecule has 104 valence electrons. The Morgan fingerprint density at radius 1 is 1.20 bits per heavy atom. The Morgan fingerprint density at radius 3 is 2.45 bits per heavy atom. The third kappa shape index (κ3) is 2.93. The Morgan fingerprint density at radius 2 is 1.85 bits per heavy atom. The maximum atomic E-state index is 12.5. The molecule has 0 spiro atoms. The van der Waals surface area contributed by atoms with Crippen LogP contribution >= 0.6 is 15.9 Å². The molecule has 2 N–H and O–H groups in total. The van der Waals surface area contributed by atoms with E-state index in [1.54, 1.807) is 37.3 Å². The summed E-state index contributed by atoms with van der Waals surface area (Å²) < 4.78 is 5.92. The normalized spacial score (nSPS) is 10.2. The lowest BCUT2D eigenvalue weighted by Crippen LogP contribution is -2.27. The number of methoxy groups -OCH3 is 1. The highest BCUT2D eigenvalue weighted by atomic mass is 79.9. The molecule has 20 heavy (non-hydrogen) atoms. The zero-order valence-electron chi connectivity index (χ0n) is 11.3. The van der Waals surface area contributed by atoms with E-state index in [2.05, 4.69) is 15.9 Å². The fourth-order valence-electron chi connectivity index (χ4n) is 1.82. The van der Waals surface area contributed by atoms with Crippen molar-refractivity contribution in [2.45, 2.75) is 0 Å². The summed E-state index contributed by atoms with van der Waals surface area (Å²) in [4.78, 5) is 14.0. The lowest BCUT2D eigenvalue weighted by molar-refractivity contribution is 0.0994. The van der Waals surface area contributed by atoms with Crippen molar-refractivity contribution in [3.63, 3.8) is 0 Å². The van der Waals surface area contributed by atoms with Crippen molar-refractivity contribution in [2.75, 3.05) is 24.8 Å². The molecular formula is C15H15BrN2O2. The number of hydrogen-bond donors (Lipinski definition) is 1. The Balaban J connectivity index is 2.29. The Hall–Kier alpha value is -2.01. The number of ether oxygens (including phenoxy) is 1. The monoisotopic (exact) mass is 334 g/mol. The average molecular weight is 335 g/mol. The SMILES string of the molecule is COc1ccc(N(C)C(=O)c2cc(Br)ccc2N)cc1. The second kappa shape index (κ2) is 5.96. The minimum Gasteiger partial charge on any atom is -0.497 e. The minimum atomic E-state index is -0.158. The van der Waals surface area contributed by atoms with Crippen LogP contribution in [-0.2, 0) is 0 Å². The lowest BCUT2D eigenvalue weighted by atomic mass is 10.1. The molecule has 0 atom stereocenters. The molecule has 0 aromatic heterocycles. The number of halogens is 1. The first-order valence-electron chi connectivity index (χ1n) is 6.00. The van der Waals surface area contributed by atoms with Gasteiger partial charge in [0, 0.05) is 22.9 Å². The third-order valence-corrected chi connectivity index (χ3v) is 3.50. The topological polar surface area (TPSA) is 55.6 Å². The van der Waals surface area contributed by atoms with E-state index >= 15 is 0 Å². The van der Waals surface area contributed by atoms with E-state index in [9.17, 15) is 4.79 Å². The van der Waals surface area contributed by atoms with Crippen LogP contribution in [-0.4, -0.2) is 20.1 Å². The number of rotatable bonds is 3. The van der Waals surface area contributed by atoms with Crippen molar-refractivity contribution in [3.05, 3.63) is 52.5 Å². The van der Waals surface area contributed by atoms with Crippen LogP contribution in [0.5, 0.6) is 5.75 Å². The molecule has 0 fully saturated rings. The first-order valence-corrected chi connectivity index (χ1v) is 6.79. The largest absolute Gasteiger partial charge is 0.497 e. The van der Waals surface area contributed by atoms with Gasteiger partial charge in [0.05, 0.1) is 12.7 Å². The molecule has 2 aromatic carbocycles. The van der Waals surface area contributed by atoms with Gasteiger partial charge in [-0.05, 0) is 42.5 Å². The van der Waals surface area contributed by atoms with Crippen LogP contribution in [0.25, 0.3) is 0 Å². The van der Waals surface area contributed by atoms with Crippen LogP contribution in [0.4, 0.5) is 11.4 Å². The number of anilines is 2. The van der Waals surface area contributed by atoms with Gasteiger partial charge in [0.15, 0.2) is 0 Å². The number of carbonyl (C=O) groups excluding carboxylic acids is 1. The van der Waals surface area contributed by atoms with Gasteiger partial charge in [-0.3, -0.25) is 4.79 Å². The number of amides is 1. The highest BCUT2D eigenvalue weighted by Crippen LogP contribution is 2.23. The van der Waals surface area contributed by atoms with E-state index in [0.717, 1.165) is 15.9 Å². The molecule has 0 radical (unpaired) electrons. The van der Waals surface area contributed by atoms with Crippen LogP contribution in [0.15, 0.2) is 46.9 Å². The van der Waals surface area contributed by atoms with Gasteiger partial charge in [-0.15, -0.1) is 0 Å². The van der Waals surface area contributed by atoms with Crippen LogP contribution < -0.4 is 15.4 Å². The van der Waals surface area contributed by atoms with Gasteiger partial charge in [0.2, 0.25) is 0 Å². The summed E-state index contributed by atoms with van der Waals surface area (Å²) in [6, 6.07) is 12.5. The maximum Gasteiger partial charge on any atom is 0.260 e. The summed E-state index contributed by atoms with van der Waals surface area (Å²) in [5, 5.41) is 0. The molecule has 2 rings (SSSR count). The molecule has 0 unspecified atom stereocenters. The third-order valence-electron chi connectivity index (χ3n) is 3.01. The van der Waals surface area contributed by atoms with Gasteiger partial charge in [-0.25, -0.2) is 0 Å². The predicted molar refractivity (Wildman–Crippen MR) is 84.3 cm³/mol. The van der Waals surface area contributed by atoms with Gasteiger partial charge >= 0.3 is 0 Å². The van der Waals surface area contributed by atoms with Crippen molar-refractivity contribution in [1.82, 2.24) is 0 Å². The van der Waals surface area contributed by atoms with Crippen LogP contribution in [0, 0.1) is 0 Å². The Kier molecular flexibility index (Phi) is 4.29. The van der Waals surface area contributed by atoms with E-state index < -0.39 is 0 Å². The molecule has 0 bridgehead atoms. The zero-order valence-corrected chi connectivity index (χ0v) is 12.8. The molecule has 0 saturated carbocycles. The highest BCUT2D eigenvalue weighted by Gasteiger charge is 2.16. The quantitative estimate of drug-likeness (QED) is 0.876. The second-order valence-electron chi connectivity index (χ2n) is 4.29. The van der Waals surface area contributed by atoms with E-state index in [1.807, 2.05) is 24.3 Å². The molecule has 2 aromatic rings. The van der Waals surface area contributed by atoms with Crippen LogP contribution in [0.2, 0.25) is 0 Å². The van der Waals surface area contributed by atoms with Crippen molar-refractivity contribution in [3.8, 4) is 5.75 Å². The number of nitrogen functional groups attached to an aromatic ring is 1. The predicted octanol–water partition coefficient (Wildman–Crippen LogP) is 3.32. The van der Waals surface area contributed by atoms with Gasteiger partial charge in [0.25, 0.3) is 5.91 Å². The number of nitrogens with zero attached hydrogens (tertiary/aromatic N) is 1. The van der Waals surface area contributed by atoms with Crippen LogP contribution in [0.1, 0.15) is 10.4 Å². The molecular weight excluding hydrogens is 320 g/mol. The summed E-state index contributed by atoms with van der Waals surface area (Å²) in [6.45, 7) is 0. The first-order chi connectivity index (χ1) is 9.52. The number of carbonyl (C=O) groups is 1. The highest BCUT2D eigenvalue weighted by molar-refractivity contribution is 9.10. The summed E-state index contributed by atoms with van der Waals surface area (Å²) in [7, 11) is 3.32. The lowest BCUT2D eigenvalue weighted by Gasteiger charge is -2.18. The Labute approximate surface area is 126 Å². The summed E-state index contributed by atoms with van der Waals surface area (Å²) in [6.07, 6.45) is 0. The average Bonchev–Trinajstić information content (AvgIpc) is 2.48. The first kappa shape index (κ1) is 14.4. The van der Waals surface area contributed by atoms with Crippen molar-refractivity contribution in [2.24, 2.45) is 0 Å². The minimum absolute atomic E-state index is 0.158. The molecule has 0 aliphatic carbocycles. The molecule has 5 heteroatoms. The zero-order chi connectivity index (χ0) is 14.7. The van der Waals surface area contributed by atoms with Crippen molar-refractivity contribution >= 4 is 33.2 Å². The maximum absolute atomic E-state index is 12.5. The smallest absolute Gasteiger partial charge is 0.260 e. The number of nitrogens with two attached hydrogens (primary N) is 1. The van der Waals surface area contributed by atoms with Gasteiger partial charge in [-0.2, -0.15) is 0 Å². The van der Waals surface area contributed by atoms with E-state index in [0.29, 0.717) is 11.3 Å². The fourth-order valence-corrected chi connectivity index (χ4v) is 2.18. The molecule has 1 amide bonds. The molecule has 4 nitrogen and oxygen atoms in total. The summed E-state index contributed by atoms with van der Waals surface area (Å²) in [5.41, 5.74) is 7.56. The Bertz CT molecular complexity index is 626. The molecule has 0 aliphatic rings. The number of benzene rings is 2. The molecule has 0 heterocycles. The molecule has 0 aliphatic heterocycles. The van der Waals surface area contributed by atoms with Crippen molar-refractivity contribution in [1.29, 1.82) is 0 Å². The summed E-state index contributed by atoms with van der Waals surface area (Å²) in [5.74, 6) is 0.588. The summed E-state index contributed by atoms with van der Waals surface area (Å²) >= 11 is 3.35. The fraction of sp³-hybridized carbons (Fsp3) is 0.133. The van der Waals surface area contributed by atoms with E-state index in [4.69, 9.17) is 10.5 Å². The van der Waals surface area contributed by atoms with E-state index in [1.165, 1.54) is 0 Å². The second-order valence-corrected chi connectivity index (χ2v) is 5.21. The van der Waals surface area contributed by atoms with E-state index in [-0.39, 0.29) is 5.91 Å². The van der Waals surface area contributed by atoms with Gasteiger partial charge < -0.3 is 15.4 Å². The van der Waals surface area contributed by atoms with Crippen molar-refractivity contribution < 1.29 is 9.53 Å². The standard InChI is InChI=1S/C15H15BrN2O2/c1-18(11-4-6-12(20-2)7-5-11)15(19)13-9-10(16)3-8-14(13)17/h3-9H,17H2,1-2H3. The van der Waals surface area contributed by atoms with Gasteiger partial charge in [0.1, 0.15) is 5.75 Å².